The summed E-state index contributed by atoms with van der Waals surface area (Å²) in [4.78, 5) is 32.7. The highest BCUT2D eigenvalue weighted by Crippen LogP contribution is 2.45. The van der Waals surface area contributed by atoms with E-state index >= 15 is 0 Å². The maximum atomic E-state index is 13.0. The zero-order chi connectivity index (χ0) is 25.5. The van der Waals surface area contributed by atoms with E-state index in [-0.39, 0.29) is 11.6 Å². The number of methoxy groups -OCH3 is 1. The second-order valence-electron chi connectivity index (χ2n) is 9.46. The second-order valence-corrected chi connectivity index (χ2v) is 10.6. The van der Waals surface area contributed by atoms with Crippen LogP contribution < -0.4 is 10.2 Å². The van der Waals surface area contributed by atoms with E-state index < -0.39 is 11.4 Å². The number of hydrogen-bond acceptors (Lipinski definition) is 6. The zero-order valence-electron chi connectivity index (χ0n) is 20.4. The molecule has 7 nitrogen and oxygen atoms in total. The number of pyridine rings is 1. The number of thiophene rings is 1. The third-order valence-electron chi connectivity index (χ3n) is 6.97. The Balaban J connectivity index is 1.42. The van der Waals surface area contributed by atoms with Gasteiger partial charge in [-0.3, -0.25) is 4.79 Å². The molecule has 0 radical (unpaired) electrons. The molecule has 2 aromatic carbocycles. The molecule has 0 saturated heterocycles. The Bertz CT molecular complexity index is 1600. The van der Waals surface area contributed by atoms with Crippen molar-refractivity contribution in [2.45, 2.75) is 44.8 Å². The van der Waals surface area contributed by atoms with Crippen molar-refractivity contribution >= 4 is 33.9 Å². The number of hydrogen-bond donors (Lipinski definition) is 1. The fourth-order valence-electron chi connectivity index (χ4n) is 5.01. The van der Waals surface area contributed by atoms with E-state index in [9.17, 15) is 14.7 Å². The quantitative estimate of drug-likeness (QED) is 0.304. The van der Waals surface area contributed by atoms with Gasteiger partial charge in [-0.05, 0) is 55.9 Å². The van der Waals surface area contributed by atoms with Crippen molar-refractivity contribution in [3.05, 3.63) is 86.5 Å². The van der Waals surface area contributed by atoms with E-state index in [0.717, 1.165) is 59.4 Å². The van der Waals surface area contributed by atoms with Crippen LogP contribution in [0.4, 0.5) is 0 Å². The third kappa shape index (κ3) is 4.31. The van der Waals surface area contributed by atoms with Gasteiger partial charge in [0.2, 0.25) is 5.43 Å². The van der Waals surface area contributed by atoms with Crippen LogP contribution in [0.5, 0.6) is 5.75 Å². The predicted octanol–water partition coefficient (Wildman–Crippen LogP) is 6.03. The summed E-state index contributed by atoms with van der Waals surface area (Å²) in [5.41, 5.74) is 3.96. The number of fused-ring (bicyclic) bond motifs is 2. The normalized spacial score (nSPS) is 16.1. The Morgan fingerprint density at radius 3 is 2.68 bits per heavy atom. The maximum Gasteiger partial charge on any atom is 0.341 e. The molecule has 0 atom stereocenters. The van der Waals surface area contributed by atoms with Crippen LogP contribution in [-0.4, -0.2) is 28.5 Å². The molecule has 0 bridgehead atoms. The van der Waals surface area contributed by atoms with Gasteiger partial charge >= 0.3 is 5.97 Å². The third-order valence-corrected chi connectivity index (χ3v) is 8.20. The number of ether oxygens (including phenoxy) is 1. The Kier molecular flexibility index (Phi) is 6.04. The number of aromatic nitrogens is 1. The molecule has 1 saturated carbocycles. The molecule has 1 N–H and O–H groups in total. The highest BCUT2D eigenvalue weighted by atomic mass is 32.1. The number of oxime groups is 1. The highest BCUT2D eigenvalue weighted by Gasteiger charge is 2.30. The lowest BCUT2D eigenvalue weighted by Crippen LogP contribution is -2.19. The number of carboxylic acids is 1. The number of rotatable bonds is 7. The first kappa shape index (κ1) is 23.5. The molecular weight excluding hydrogens is 488 g/mol. The van der Waals surface area contributed by atoms with Crippen LogP contribution in [0.15, 0.2) is 64.7 Å². The molecule has 2 aliphatic rings. The van der Waals surface area contributed by atoms with Crippen LogP contribution in [0.25, 0.3) is 21.3 Å². The largest absolute Gasteiger partial charge is 0.494 e. The maximum absolute atomic E-state index is 13.0. The Morgan fingerprint density at radius 2 is 1.95 bits per heavy atom. The molecule has 6 rings (SSSR count). The van der Waals surface area contributed by atoms with Gasteiger partial charge in [-0.15, -0.1) is 11.3 Å². The standard InChI is InChI=1S/C29H26N2O5S/c1-35-28-19(12-13-20-26(28)31(18-10-11-18)15-22(27(20)32)29(33)34)25-14-21-23(8-5-9-24(21)37-25)30-36-16-17-6-3-2-4-7-17/h2-4,6-7,12-15,18H,5,8-11,16H2,1H3,(H,33,34). The first-order valence-corrected chi connectivity index (χ1v) is 13.2. The van der Waals surface area contributed by atoms with Crippen LogP contribution in [0.3, 0.4) is 0 Å². The van der Waals surface area contributed by atoms with E-state index in [1.807, 2.05) is 41.0 Å². The lowest BCUT2D eigenvalue weighted by Gasteiger charge is -2.17. The fourth-order valence-corrected chi connectivity index (χ4v) is 6.25. The molecule has 37 heavy (non-hydrogen) atoms. The van der Waals surface area contributed by atoms with Gasteiger partial charge in [0.15, 0.2) is 5.75 Å². The summed E-state index contributed by atoms with van der Waals surface area (Å²) in [7, 11) is 1.60. The highest BCUT2D eigenvalue weighted by molar-refractivity contribution is 7.16. The monoisotopic (exact) mass is 514 g/mol. The summed E-state index contributed by atoms with van der Waals surface area (Å²) in [6, 6.07) is 15.9. The minimum absolute atomic E-state index is 0.169. The zero-order valence-corrected chi connectivity index (χ0v) is 21.2. The summed E-state index contributed by atoms with van der Waals surface area (Å²) in [6.07, 6.45) is 6.20. The first-order chi connectivity index (χ1) is 18.0. The van der Waals surface area contributed by atoms with Crippen LogP contribution >= 0.6 is 11.3 Å². The number of carboxylic acid groups (broad SMARTS) is 1. The molecule has 2 aliphatic carbocycles. The Hall–Kier alpha value is -3.91. The number of carbonyl (C=O) groups is 1. The van der Waals surface area contributed by atoms with E-state index in [2.05, 4.69) is 11.2 Å². The smallest absolute Gasteiger partial charge is 0.341 e. The molecule has 0 amide bonds. The van der Waals surface area contributed by atoms with E-state index in [0.29, 0.717) is 23.3 Å². The van der Waals surface area contributed by atoms with Crippen LogP contribution in [-0.2, 0) is 17.9 Å². The van der Waals surface area contributed by atoms with Gasteiger partial charge in [0, 0.05) is 33.1 Å². The summed E-state index contributed by atoms with van der Waals surface area (Å²) in [6.45, 7) is 0.423. The summed E-state index contributed by atoms with van der Waals surface area (Å²) in [5.74, 6) is -0.618. The molecule has 2 heterocycles. The van der Waals surface area contributed by atoms with Gasteiger partial charge in [0.1, 0.15) is 12.2 Å². The van der Waals surface area contributed by atoms with Gasteiger partial charge in [-0.2, -0.15) is 0 Å². The molecule has 0 aliphatic heterocycles. The number of nitrogens with zero attached hydrogens (tertiary/aromatic N) is 2. The van der Waals surface area contributed by atoms with Crippen molar-refractivity contribution in [2.24, 2.45) is 5.16 Å². The van der Waals surface area contributed by atoms with Crippen molar-refractivity contribution < 1.29 is 19.5 Å². The van der Waals surface area contributed by atoms with Crippen molar-refractivity contribution in [1.82, 2.24) is 4.57 Å². The van der Waals surface area contributed by atoms with Gasteiger partial charge < -0.3 is 19.2 Å². The first-order valence-electron chi connectivity index (χ1n) is 12.4. The van der Waals surface area contributed by atoms with Crippen molar-refractivity contribution in [3.63, 3.8) is 0 Å². The second kappa shape index (κ2) is 9.52. The SMILES string of the molecule is COc1c(-c2cc3c(s2)CCCC3=NOCc2ccccc2)ccc2c(=O)c(C(=O)O)cn(C3CC3)c12. The van der Waals surface area contributed by atoms with Crippen molar-refractivity contribution in [3.8, 4) is 16.2 Å². The average molecular weight is 515 g/mol. The van der Waals surface area contributed by atoms with Gasteiger partial charge in [0.25, 0.3) is 0 Å². The Morgan fingerprint density at radius 1 is 1.14 bits per heavy atom. The summed E-state index contributed by atoms with van der Waals surface area (Å²) < 4.78 is 7.82. The lowest BCUT2D eigenvalue weighted by molar-refractivity contribution is 0.0695. The molecule has 4 aromatic rings. The minimum atomic E-state index is -1.21. The van der Waals surface area contributed by atoms with Gasteiger partial charge in [0.05, 0.1) is 23.7 Å². The van der Waals surface area contributed by atoms with Crippen LogP contribution in [0.1, 0.15) is 58.1 Å². The topological polar surface area (TPSA) is 90.1 Å². The fraction of sp³-hybridized carbons (Fsp3) is 0.276. The van der Waals surface area contributed by atoms with Gasteiger partial charge in [-0.25, -0.2) is 4.79 Å². The summed E-state index contributed by atoms with van der Waals surface area (Å²) >= 11 is 1.70. The molecular formula is C29H26N2O5S. The lowest BCUT2D eigenvalue weighted by atomic mass is 9.96. The molecule has 0 unspecified atom stereocenters. The minimum Gasteiger partial charge on any atom is -0.494 e. The molecule has 1 fully saturated rings. The number of benzene rings is 2. The summed E-state index contributed by atoms with van der Waals surface area (Å²) in [5, 5.41) is 14.5. The number of aryl methyl sites for hydroxylation is 1. The van der Waals surface area contributed by atoms with Gasteiger partial charge in [-0.1, -0.05) is 35.5 Å². The van der Waals surface area contributed by atoms with Crippen LogP contribution in [0.2, 0.25) is 0 Å². The average Bonchev–Trinajstić information content (AvgIpc) is 3.66. The van der Waals surface area contributed by atoms with Crippen molar-refractivity contribution in [1.29, 1.82) is 0 Å². The van der Waals surface area contributed by atoms with Crippen molar-refractivity contribution in [2.75, 3.05) is 7.11 Å². The Labute approximate surface area is 217 Å². The molecule has 0 spiro atoms. The molecule has 8 heteroatoms. The predicted molar refractivity (Wildman–Crippen MR) is 144 cm³/mol. The van der Waals surface area contributed by atoms with Crippen LogP contribution in [0, 0.1) is 0 Å². The number of aromatic carboxylic acids is 1. The van der Waals surface area contributed by atoms with E-state index in [1.54, 1.807) is 24.5 Å². The van der Waals surface area contributed by atoms with E-state index in [1.165, 1.54) is 11.1 Å². The molecule has 188 valence electrons. The van der Waals surface area contributed by atoms with E-state index in [4.69, 9.17) is 9.57 Å². The molecule has 2 aromatic heterocycles.